The molecule has 0 saturated carbocycles. The minimum atomic E-state index is -4.36. The second-order valence-electron chi connectivity index (χ2n) is 2.68. The number of nitrogens with one attached hydrogen (secondary N) is 1. The lowest BCUT2D eigenvalue weighted by Gasteiger charge is -2.10. The van der Waals surface area contributed by atoms with E-state index >= 15 is 0 Å². The van der Waals surface area contributed by atoms with Crippen molar-refractivity contribution in [2.75, 3.05) is 5.32 Å². The second-order valence-corrected chi connectivity index (χ2v) is 3.98. The zero-order chi connectivity index (χ0) is 11.6. The van der Waals surface area contributed by atoms with E-state index in [1.165, 1.54) is 6.07 Å². The van der Waals surface area contributed by atoms with E-state index in [-0.39, 0.29) is 9.59 Å². The Morgan fingerprint density at radius 1 is 1.40 bits per heavy atom. The maximum Gasteiger partial charge on any atom is 0.416 e. The predicted molar refractivity (Wildman–Crippen MR) is 59.6 cm³/mol. The highest BCUT2D eigenvalue weighted by Crippen LogP contribution is 2.33. The van der Waals surface area contributed by atoms with Gasteiger partial charge in [-0.25, -0.2) is 0 Å². The monoisotopic (exact) mass is 298 g/mol. The molecule has 2 nitrogen and oxygen atoms in total. The van der Waals surface area contributed by atoms with E-state index in [0.717, 1.165) is 12.1 Å². The van der Waals surface area contributed by atoms with Crippen LogP contribution in [-0.2, 0) is 6.18 Å². The number of nitrogens with two attached hydrogens (primary N) is 1. The van der Waals surface area contributed by atoms with E-state index in [1.54, 1.807) is 0 Å². The molecule has 0 unspecified atom stereocenters. The van der Waals surface area contributed by atoms with Gasteiger partial charge in [0.05, 0.1) is 11.3 Å². The lowest BCUT2D eigenvalue weighted by atomic mass is 10.2. The van der Waals surface area contributed by atoms with Crippen molar-refractivity contribution in [3.05, 3.63) is 28.2 Å². The molecule has 0 radical (unpaired) electrons. The maximum atomic E-state index is 12.3. The third kappa shape index (κ3) is 3.35. The molecule has 0 aliphatic heterocycles. The van der Waals surface area contributed by atoms with Crippen LogP contribution < -0.4 is 11.1 Å². The molecule has 0 heterocycles. The van der Waals surface area contributed by atoms with Gasteiger partial charge in [-0.1, -0.05) is 0 Å². The number of alkyl halides is 3. The largest absolute Gasteiger partial charge is 0.416 e. The highest BCUT2D eigenvalue weighted by atomic mass is 79.9. The maximum absolute atomic E-state index is 12.3. The first-order chi connectivity index (χ1) is 6.80. The average molecular weight is 299 g/mol. The van der Waals surface area contributed by atoms with Gasteiger partial charge in [-0.2, -0.15) is 13.2 Å². The van der Waals surface area contributed by atoms with Crippen molar-refractivity contribution in [1.82, 2.24) is 0 Å². The van der Waals surface area contributed by atoms with Crippen LogP contribution in [0, 0.1) is 0 Å². The van der Waals surface area contributed by atoms with Crippen LogP contribution in [0.25, 0.3) is 0 Å². The number of hydrogen-bond acceptors (Lipinski definition) is 1. The first-order valence-corrected chi connectivity index (χ1v) is 4.94. The Bertz CT molecular complexity index is 392. The molecule has 0 aliphatic carbocycles. The van der Waals surface area contributed by atoms with Crippen LogP contribution in [0.3, 0.4) is 0 Å². The third-order valence-electron chi connectivity index (χ3n) is 1.55. The molecule has 15 heavy (non-hydrogen) atoms. The van der Waals surface area contributed by atoms with Crippen LogP contribution in [0.4, 0.5) is 18.9 Å². The zero-order valence-corrected chi connectivity index (χ0v) is 9.63. The minimum Gasteiger partial charge on any atom is -0.376 e. The quantitative estimate of drug-likeness (QED) is 0.783. The Kier molecular flexibility index (Phi) is 3.56. The van der Waals surface area contributed by atoms with Gasteiger partial charge in [0.2, 0.25) is 0 Å². The van der Waals surface area contributed by atoms with Gasteiger partial charge in [0.1, 0.15) is 0 Å². The van der Waals surface area contributed by atoms with E-state index in [0.29, 0.717) is 5.69 Å². The van der Waals surface area contributed by atoms with Crippen LogP contribution in [0.1, 0.15) is 5.56 Å². The number of benzene rings is 1. The molecule has 0 aliphatic rings. The standard InChI is InChI=1S/C8H6BrF3N2S/c9-5-3-4(8(10,11)12)1-2-6(5)14-7(13)15/h1-3H,(H3,13,14,15). The number of hydrogen-bond donors (Lipinski definition) is 2. The molecule has 0 bridgehead atoms. The van der Waals surface area contributed by atoms with Gasteiger partial charge < -0.3 is 11.1 Å². The molecule has 0 spiro atoms. The fourth-order valence-electron chi connectivity index (χ4n) is 0.926. The Labute approximate surface area is 97.8 Å². The summed E-state index contributed by atoms with van der Waals surface area (Å²) in [5.41, 5.74) is 4.86. The lowest BCUT2D eigenvalue weighted by molar-refractivity contribution is -0.137. The third-order valence-corrected chi connectivity index (χ3v) is 2.31. The number of thiocarbonyl (C=S) groups is 1. The molecule has 1 rings (SSSR count). The molecule has 1 aromatic carbocycles. The molecule has 0 aromatic heterocycles. The van der Waals surface area contributed by atoms with E-state index < -0.39 is 11.7 Å². The molecule has 0 saturated heterocycles. The van der Waals surface area contributed by atoms with Crippen molar-refractivity contribution < 1.29 is 13.2 Å². The van der Waals surface area contributed by atoms with E-state index in [4.69, 9.17) is 5.73 Å². The van der Waals surface area contributed by atoms with Crippen molar-refractivity contribution in [1.29, 1.82) is 0 Å². The number of rotatable bonds is 1. The van der Waals surface area contributed by atoms with Gasteiger partial charge in [-0.05, 0) is 46.3 Å². The summed E-state index contributed by atoms with van der Waals surface area (Å²) in [4.78, 5) is 0. The van der Waals surface area contributed by atoms with Crippen LogP contribution in [0.15, 0.2) is 22.7 Å². The van der Waals surface area contributed by atoms with Crippen LogP contribution in [-0.4, -0.2) is 5.11 Å². The lowest BCUT2D eigenvalue weighted by Crippen LogP contribution is -2.19. The summed E-state index contributed by atoms with van der Waals surface area (Å²) in [5, 5.41) is 2.54. The van der Waals surface area contributed by atoms with Crippen molar-refractivity contribution >= 4 is 38.9 Å². The average Bonchev–Trinajstić information content (AvgIpc) is 2.05. The smallest absolute Gasteiger partial charge is 0.376 e. The summed E-state index contributed by atoms with van der Waals surface area (Å²) in [6.45, 7) is 0. The number of halogens is 4. The van der Waals surface area contributed by atoms with Crippen molar-refractivity contribution in [3.8, 4) is 0 Å². The number of anilines is 1. The first kappa shape index (κ1) is 12.3. The van der Waals surface area contributed by atoms with Crippen molar-refractivity contribution in [2.45, 2.75) is 6.18 Å². The van der Waals surface area contributed by atoms with Gasteiger partial charge in [0.15, 0.2) is 5.11 Å². The molecule has 3 N–H and O–H groups in total. The molecule has 1 aromatic rings. The van der Waals surface area contributed by atoms with Crippen molar-refractivity contribution in [2.24, 2.45) is 5.73 Å². The molecule has 0 fully saturated rings. The van der Waals surface area contributed by atoms with Crippen molar-refractivity contribution in [3.63, 3.8) is 0 Å². The molecule has 0 atom stereocenters. The fraction of sp³-hybridized carbons (Fsp3) is 0.125. The zero-order valence-electron chi connectivity index (χ0n) is 7.23. The van der Waals surface area contributed by atoms with Crippen LogP contribution >= 0.6 is 28.1 Å². The molecular formula is C8H6BrF3N2S. The van der Waals surface area contributed by atoms with E-state index in [2.05, 4.69) is 33.5 Å². The van der Waals surface area contributed by atoms with Crippen LogP contribution in [0.5, 0.6) is 0 Å². The summed E-state index contributed by atoms with van der Waals surface area (Å²) in [7, 11) is 0. The summed E-state index contributed by atoms with van der Waals surface area (Å²) in [6.07, 6.45) is -4.36. The highest BCUT2D eigenvalue weighted by Gasteiger charge is 2.30. The Hall–Kier alpha value is -0.820. The molecule has 7 heteroatoms. The predicted octanol–water partition coefficient (Wildman–Crippen LogP) is 3.12. The van der Waals surface area contributed by atoms with Gasteiger partial charge in [0.25, 0.3) is 0 Å². The minimum absolute atomic E-state index is 0.00420. The second kappa shape index (κ2) is 4.36. The van der Waals surface area contributed by atoms with E-state index in [1.807, 2.05) is 0 Å². The summed E-state index contributed by atoms with van der Waals surface area (Å²) in [5.74, 6) is 0. The molecule has 82 valence electrons. The topological polar surface area (TPSA) is 38.0 Å². The van der Waals surface area contributed by atoms with Gasteiger partial charge >= 0.3 is 6.18 Å². The molecular weight excluding hydrogens is 293 g/mol. The molecule has 0 amide bonds. The Morgan fingerprint density at radius 2 is 2.00 bits per heavy atom. The Balaban J connectivity index is 3.03. The fourth-order valence-corrected chi connectivity index (χ4v) is 1.51. The van der Waals surface area contributed by atoms with Gasteiger partial charge in [0, 0.05) is 4.47 Å². The summed E-state index contributed by atoms with van der Waals surface area (Å²) < 4.78 is 37.1. The summed E-state index contributed by atoms with van der Waals surface area (Å²) in [6, 6.07) is 3.16. The Morgan fingerprint density at radius 3 is 2.40 bits per heavy atom. The van der Waals surface area contributed by atoms with Crippen LogP contribution in [0.2, 0.25) is 0 Å². The SMILES string of the molecule is NC(=S)Nc1ccc(C(F)(F)F)cc1Br. The van der Waals surface area contributed by atoms with Gasteiger partial charge in [-0.15, -0.1) is 0 Å². The highest BCUT2D eigenvalue weighted by molar-refractivity contribution is 9.10. The van der Waals surface area contributed by atoms with E-state index in [9.17, 15) is 13.2 Å². The normalized spacial score (nSPS) is 11.2. The summed E-state index contributed by atoms with van der Waals surface area (Å²) >= 11 is 7.56. The van der Waals surface area contributed by atoms with Gasteiger partial charge in [-0.3, -0.25) is 0 Å². The first-order valence-electron chi connectivity index (χ1n) is 3.74.